The minimum absolute atomic E-state index is 0.123. The van der Waals surface area contributed by atoms with Crippen molar-refractivity contribution in [2.75, 3.05) is 12.4 Å². The van der Waals surface area contributed by atoms with Gasteiger partial charge >= 0.3 is 5.97 Å². The molecule has 1 fully saturated rings. The number of H-pyrrole nitrogens is 1. The summed E-state index contributed by atoms with van der Waals surface area (Å²) in [5.74, 6) is -1.27. The van der Waals surface area contributed by atoms with Gasteiger partial charge in [0.1, 0.15) is 5.75 Å². The van der Waals surface area contributed by atoms with E-state index in [9.17, 15) is 9.59 Å². The molecule has 0 saturated heterocycles. The van der Waals surface area contributed by atoms with Gasteiger partial charge in [-0.1, -0.05) is 13.8 Å². The maximum absolute atomic E-state index is 12.2. The highest BCUT2D eigenvalue weighted by molar-refractivity contribution is 5.98. The minimum atomic E-state index is -0.964. The number of nitrogens with zero attached hydrogens (tertiary/aromatic N) is 2. The van der Waals surface area contributed by atoms with Crippen LogP contribution in [0.25, 0.3) is 11.4 Å². The minimum Gasteiger partial charge on any atom is -0.497 e. The molecule has 8 heteroatoms. The number of aliphatic carboxylic acids is 1. The van der Waals surface area contributed by atoms with Gasteiger partial charge < -0.3 is 9.84 Å². The van der Waals surface area contributed by atoms with E-state index in [1.165, 1.54) is 0 Å². The molecule has 1 aromatic heterocycles. The summed E-state index contributed by atoms with van der Waals surface area (Å²) < 4.78 is 5.09. The molecule has 0 aliphatic heterocycles. The Morgan fingerprint density at radius 2 is 1.92 bits per heavy atom. The molecule has 1 aromatic carbocycles. The molecule has 1 saturated carbocycles. The predicted molar refractivity (Wildman–Crippen MR) is 85.4 cm³/mol. The zero-order valence-electron chi connectivity index (χ0n) is 13.5. The summed E-state index contributed by atoms with van der Waals surface area (Å²) in [4.78, 5) is 27.6. The Bertz CT molecular complexity index is 782. The van der Waals surface area contributed by atoms with Gasteiger partial charge in [0.15, 0.2) is 5.82 Å². The molecule has 0 bridgehead atoms. The summed E-state index contributed by atoms with van der Waals surface area (Å²) in [5.41, 5.74) is 0.226. The van der Waals surface area contributed by atoms with Gasteiger partial charge in [-0.15, -0.1) is 5.10 Å². The number of rotatable bonds is 5. The maximum atomic E-state index is 12.2. The number of nitrogens with one attached hydrogen (secondary N) is 2. The van der Waals surface area contributed by atoms with Crippen LogP contribution in [0.4, 0.5) is 5.95 Å². The Hall–Kier alpha value is -2.90. The molecule has 1 heterocycles. The molecule has 24 heavy (non-hydrogen) atoms. The van der Waals surface area contributed by atoms with Crippen molar-refractivity contribution in [1.82, 2.24) is 15.2 Å². The normalized spacial score (nSPS) is 21.1. The largest absolute Gasteiger partial charge is 0.497 e. The zero-order valence-corrected chi connectivity index (χ0v) is 13.5. The second-order valence-corrected chi connectivity index (χ2v) is 6.34. The number of carbonyl (C=O) groups excluding carboxylic acids is 1. The van der Waals surface area contributed by atoms with Crippen molar-refractivity contribution in [2.45, 2.75) is 13.8 Å². The van der Waals surface area contributed by atoms with E-state index < -0.39 is 23.2 Å². The average Bonchev–Trinajstić information content (AvgIpc) is 2.89. The lowest BCUT2D eigenvalue weighted by atomic mass is 10.1. The average molecular weight is 330 g/mol. The zero-order chi connectivity index (χ0) is 17.5. The topological polar surface area (TPSA) is 117 Å². The van der Waals surface area contributed by atoms with E-state index in [2.05, 4.69) is 20.5 Å². The van der Waals surface area contributed by atoms with Gasteiger partial charge in [-0.2, -0.15) is 4.98 Å². The number of ether oxygens (including phenoxy) is 1. The van der Waals surface area contributed by atoms with Crippen LogP contribution in [0.5, 0.6) is 5.75 Å². The molecule has 2 atom stereocenters. The van der Waals surface area contributed by atoms with Crippen LogP contribution >= 0.6 is 0 Å². The number of carbonyl (C=O) groups is 2. The van der Waals surface area contributed by atoms with Crippen LogP contribution < -0.4 is 10.1 Å². The lowest BCUT2D eigenvalue weighted by Gasteiger charge is -2.01. The summed E-state index contributed by atoms with van der Waals surface area (Å²) in [6.45, 7) is 3.52. The number of anilines is 1. The third-order valence-corrected chi connectivity index (χ3v) is 4.46. The van der Waals surface area contributed by atoms with E-state index in [1.807, 2.05) is 12.1 Å². The van der Waals surface area contributed by atoms with E-state index >= 15 is 0 Å². The van der Waals surface area contributed by atoms with Crippen LogP contribution in [0.15, 0.2) is 24.3 Å². The van der Waals surface area contributed by atoms with Gasteiger partial charge in [0, 0.05) is 5.56 Å². The van der Waals surface area contributed by atoms with Crippen molar-refractivity contribution in [1.29, 1.82) is 0 Å². The Labute approximate surface area is 138 Å². The van der Waals surface area contributed by atoms with Crippen LogP contribution in [0.1, 0.15) is 13.8 Å². The summed E-state index contributed by atoms with van der Waals surface area (Å²) >= 11 is 0. The fourth-order valence-corrected chi connectivity index (χ4v) is 2.97. The molecule has 3 N–H and O–H groups in total. The van der Waals surface area contributed by atoms with E-state index in [-0.39, 0.29) is 11.9 Å². The number of hydrogen-bond acceptors (Lipinski definition) is 5. The summed E-state index contributed by atoms with van der Waals surface area (Å²) in [5, 5.41) is 18.4. The fourth-order valence-electron chi connectivity index (χ4n) is 2.97. The van der Waals surface area contributed by atoms with Crippen molar-refractivity contribution in [3.63, 3.8) is 0 Å². The summed E-state index contributed by atoms with van der Waals surface area (Å²) in [6, 6.07) is 7.21. The predicted octanol–water partition coefficient (Wildman–Crippen LogP) is 1.78. The summed E-state index contributed by atoms with van der Waals surface area (Å²) in [7, 11) is 1.58. The van der Waals surface area contributed by atoms with Crippen molar-refractivity contribution in [3.05, 3.63) is 24.3 Å². The van der Waals surface area contributed by atoms with Crippen LogP contribution in [0.2, 0.25) is 0 Å². The quantitative estimate of drug-likeness (QED) is 0.769. The van der Waals surface area contributed by atoms with Crippen molar-refractivity contribution >= 4 is 17.8 Å². The van der Waals surface area contributed by atoms with E-state index in [4.69, 9.17) is 9.84 Å². The van der Waals surface area contributed by atoms with Crippen LogP contribution in [0, 0.1) is 17.3 Å². The van der Waals surface area contributed by atoms with E-state index in [0.29, 0.717) is 5.82 Å². The lowest BCUT2D eigenvalue weighted by molar-refractivity contribution is -0.140. The number of methoxy groups -OCH3 is 1. The van der Waals surface area contributed by atoms with Gasteiger partial charge in [0.2, 0.25) is 11.9 Å². The van der Waals surface area contributed by atoms with Crippen molar-refractivity contribution < 1.29 is 19.4 Å². The van der Waals surface area contributed by atoms with Crippen molar-refractivity contribution in [3.8, 4) is 17.1 Å². The van der Waals surface area contributed by atoms with Gasteiger partial charge in [-0.05, 0) is 29.7 Å². The number of carboxylic acid groups (broad SMARTS) is 1. The Balaban J connectivity index is 1.70. The number of hydrogen-bond donors (Lipinski definition) is 3. The van der Waals surface area contributed by atoms with Gasteiger partial charge in [-0.3, -0.25) is 20.0 Å². The third kappa shape index (κ3) is 2.70. The summed E-state index contributed by atoms with van der Waals surface area (Å²) in [6.07, 6.45) is 0. The third-order valence-electron chi connectivity index (χ3n) is 4.46. The maximum Gasteiger partial charge on any atom is 0.307 e. The highest BCUT2D eigenvalue weighted by Crippen LogP contribution is 2.58. The Morgan fingerprint density at radius 3 is 2.46 bits per heavy atom. The van der Waals surface area contributed by atoms with Crippen LogP contribution in [-0.2, 0) is 9.59 Å². The molecule has 0 spiro atoms. The van der Waals surface area contributed by atoms with Gasteiger partial charge in [0.05, 0.1) is 18.9 Å². The molecule has 126 valence electrons. The molecule has 2 aromatic rings. The molecule has 1 aliphatic rings. The molecular formula is C16H18N4O4. The Morgan fingerprint density at radius 1 is 1.25 bits per heavy atom. The standard InChI is InChI=1S/C16H18N4O4/c1-16(2)10(11(16)14(22)23)13(21)18-15-17-12(19-20-15)8-4-6-9(24-3)7-5-8/h4-7,10-11H,1-3H3,(H,22,23)(H2,17,18,19,20,21). The SMILES string of the molecule is COc1ccc(-c2nc(NC(=O)C3C(C(=O)O)C3(C)C)n[nH]2)cc1. The number of aromatic amines is 1. The Kier molecular flexibility index (Phi) is 3.75. The fraction of sp³-hybridized carbons (Fsp3) is 0.375. The highest BCUT2D eigenvalue weighted by atomic mass is 16.5. The second kappa shape index (κ2) is 5.63. The van der Waals surface area contributed by atoms with E-state index in [1.54, 1.807) is 33.1 Å². The van der Waals surface area contributed by atoms with Crippen LogP contribution in [-0.4, -0.2) is 39.3 Å². The molecule has 8 nitrogen and oxygen atoms in total. The highest BCUT2D eigenvalue weighted by Gasteiger charge is 2.66. The monoisotopic (exact) mass is 330 g/mol. The van der Waals surface area contributed by atoms with Crippen molar-refractivity contribution in [2.24, 2.45) is 17.3 Å². The number of carboxylic acids is 1. The van der Waals surface area contributed by atoms with Gasteiger partial charge in [-0.25, -0.2) is 0 Å². The van der Waals surface area contributed by atoms with Gasteiger partial charge in [0.25, 0.3) is 0 Å². The second-order valence-electron chi connectivity index (χ2n) is 6.34. The molecule has 3 rings (SSSR count). The lowest BCUT2D eigenvalue weighted by Crippen LogP contribution is -2.18. The first-order valence-corrected chi connectivity index (χ1v) is 7.45. The number of amides is 1. The molecule has 1 amide bonds. The molecule has 0 radical (unpaired) electrons. The van der Waals surface area contributed by atoms with Crippen LogP contribution in [0.3, 0.4) is 0 Å². The first-order chi connectivity index (χ1) is 11.3. The molecular weight excluding hydrogens is 312 g/mol. The molecule has 2 unspecified atom stereocenters. The van der Waals surface area contributed by atoms with E-state index in [0.717, 1.165) is 11.3 Å². The smallest absolute Gasteiger partial charge is 0.307 e. The number of aromatic nitrogens is 3. The molecule has 1 aliphatic carbocycles. The number of benzene rings is 1. The first kappa shape index (κ1) is 16.0. The first-order valence-electron chi connectivity index (χ1n) is 7.45.